The van der Waals surface area contributed by atoms with Crippen molar-refractivity contribution in [3.63, 3.8) is 0 Å². The zero-order valence-electron chi connectivity index (χ0n) is 14.5. The van der Waals surface area contributed by atoms with Crippen molar-refractivity contribution in [2.45, 2.75) is 18.5 Å². The predicted octanol–water partition coefficient (Wildman–Crippen LogP) is -1.32. The molecule has 2 atom stereocenters. The standard InChI is InChI=1S/C17H21N3O7/c1-27-15(23)7-6-14(22)19-9-13(17(25)26)20-16(24)12(18)8-10-2-4-11(21)5-3-10/h2-7,12-13,21H,8-9,18H2,1H3,(H,19,22)(H,20,24)(H,25,26)/b7-6+/t12-,13?/m0/s1. The van der Waals surface area contributed by atoms with Crippen LogP contribution in [-0.2, 0) is 30.3 Å². The van der Waals surface area contributed by atoms with Crippen molar-refractivity contribution in [1.82, 2.24) is 10.6 Å². The Morgan fingerprint density at radius 3 is 2.37 bits per heavy atom. The highest BCUT2D eigenvalue weighted by atomic mass is 16.5. The van der Waals surface area contributed by atoms with Crippen LogP contribution in [0.25, 0.3) is 0 Å². The first kappa shape index (κ1) is 21.6. The van der Waals surface area contributed by atoms with Gasteiger partial charge in [0.15, 0.2) is 0 Å². The molecule has 0 radical (unpaired) electrons. The largest absolute Gasteiger partial charge is 0.508 e. The molecule has 1 aromatic carbocycles. The second-order valence-corrected chi connectivity index (χ2v) is 5.48. The number of aromatic hydroxyl groups is 1. The number of phenolic OH excluding ortho intramolecular Hbond substituents is 1. The minimum absolute atomic E-state index is 0.0692. The van der Waals surface area contributed by atoms with Gasteiger partial charge in [-0.25, -0.2) is 9.59 Å². The van der Waals surface area contributed by atoms with Gasteiger partial charge in [-0.1, -0.05) is 12.1 Å². The van der Waals surface area contributed by atoms with E-state index in [4.69, 9.17) is 10.8 Å². The number of aliphatic carboxylic acids is 1. The molecule has 6 N–H and O–H groups in total. The molecule has 0 saturated carbocycles. The molecule has 10 nitrogen and oxygen atoms in total. The molecule has 1 unspecified atom stereocenters. The lowest BCUT2D eigenvalue weighted by molar-refractivity contribution is -0.142. The highest BCUT2D eigenvalue weighted by Crippen LogP contribution is 2.10. The van der Waals surface area contributed by atoms with Crippen LogP contribution in [0.1, 0.15) is 5.56 Å². The van der Waals surface area contributed by atoms with Gasteiger partial charge in [-0.15, -0.1) is 0 Å². The Labute approximate surface area is 155 Å². The van der Waals surface area contributed by atoms with Gasteiger partial charge in [0.2, 0.25) is 11.8 Å². The van der Waals surface area contributed by atoms with Crippen LogP contribution in [-0.4, -0.2) is 59.7 Å². The Bertz CT molecular complexity index is 716. The van der Waals surface area contributed by atoms with Crippen molar-refractivity contribution in [3.05, 3.63) is 42.0 Å². The van der Waals surface area contributed by atoms with Crippen LogP contribution in [0.5, 0.6) is 5.75 Å². The van der Waals surface area contributed by atoms with E-state index in [0.717, 1.165) is 19.3 Å². The maximum absolute atomic E-state index is 12.1. The third kappa shape index (κ3) is 8.01. The summed E-state index contributed by atoms with van der Waals surface area (Å²) in [4.78, 5) is 45.7. The first-order valence-corrected chi connectivity index (χ1v) is 7.83. The molecule has 0 aliphatic heterocycles. The number of methoxy groups -OCH3 is 1. The van der Waals surface area contributed by atoms with Gasteiger partial charge in [-0.05, 0) is 24.1 Å². The lowest BCUT2D eigenvalue weighted by Gasteiger charge is -2.18. The number of benzene rings is 1. The van der Waals surface area contributed by atoms with E-state index < -0.39 is 42.4 Å². The van der Waals surface area contributed by atoms with Crippen LogP contribution in [0.4, 0.5) is 0 Å². The van der Waals surface area contributed by atoms with Crippen molar-refractivity contribution >= 4 is 23.8 Å². The number of amides is 2. The molecule has 27 heavy (non-hydrogen) atoms. The van der Waals surface area contributed by atoms with E-state index in [9.17, 15) is 24.3 Å². The van der Waals surface area contributed by atoms with Gasteiger partial charge in [0, 0.05) is 18.7 Å². The van der Waals surface area contributed by atoms with Crippen LogP contribution >= 0.6 is 0 Å². The Hall–Kier alpha value is -3.40. The molecule has 0 saturated heterocycles. The number of nitrogens with one attached hydrogen (secondary N) is 2. The highest BCUT2D eigenvalue weighted by Gasteiger charge is 2.23. The number of carbonyl (C=O) groups excluding carboxylic acids is 3. The maximum atomic E-state index is 12.1. The van der Waals surface area contributed by atoms with Crippen LogP contribution in [0, 0.1) is 0 Å². The number of phenols is 1. The van der Waals surface area contributed by atoms with Gasteiger partial charge in [-0.2, -0.15) is 0 Å². The van der Waals surface area contributed by atoms with E-state index >= 15 is 0 Å². The van der Waals surface area contributed by atoms with Gasteiger partial charge in [0.1, 0.15) is 11.8 Å². The third-order valence-electron chi connectivity index (χ3n) is 3.40. The number of carbonyl (C=O) groups is 4. The van der Waals surface area contributed by atoms with Gasteiger partial charge in [0.05, 0.1) is 13.2 Å². The van der Waals surface area contributed by atoms with Crippen molar-refractivity contribution in [3.8, 4) is 5.75 Å². The highest BCUT2D eigenvalue weighted by molar-refractivity contribution is 5.95. The number of carboxylic acids is 1. The molecule has 1 aromatic rings. The summed E-state index contributed by atoms with van der Waals surface area (Å²) in [6.07, 6.45) is 1.88. The molecule has 0 spiro atoms. The van der Waals surface area contributed by atoms with E-state index in [1.165, 1.54) is 12.1 Å². The summed E-state index contributed by atoms with van der Waals surface area (Å²) < 4.78 is 4.31. The molecular weight excluding hydrogens is 358 g/mol. The fourth-order valence-electron chi connectivity index (χ4n) is 1.93. The Kier molecular flexibility index (Phi) is 8.46. The summed E-state index contributed by atoms with van der Waals surface area (Å²) in [5, 5.41) is 22.9. The number of esters is 1. The van der Waals surface area contributed by atoms with Crippen LogP contribution in [0.15, 0.2) is 36.4 Å². The van der Waals surface area contributed by atoms with Gasteiger partial charge in [-0.3, -0.25) is 9.59 Å². The first-order chi connectivity index (χ1) is 12.7. The summed E-state index contributed by atoms with van der Waals surface area (Å²) >= 11 is 0. The van der Waals surface area contributed by atoms with E-state index in [0.29, 0.717) is 5.56 Å². The fourth-order valence-corrected chi connectivity index (χ4v) is 1.93. The maximum Gasteiger partial charge on any atom is 0.330 e. The van der Waals surface area contributed by atoms with Gasteiger partial charge < -0.3 is 31.3 Å². The van der Waals surface area contributed by atoms with E-state index in [2.05, 4.69) is 15.4 Å². The number of ether oxygens (including phenoxy) is 1. The molecule has 0 aliphatic rings. The Balaban J connectivity index is 2.57. The summed E-state index contributed by atoms with van der Waals surface area (Å²) in [5.74, 6) is -3.48. The molecule has 0 aliphatic carbocycles. The zero-order valence-corrected chi connectivity index (χ0v) is 14.5. The van der Waals surface area contributed by atoms with E-state index in [1.807, 2.05) is 0 Å². The van der Waals surface area contributed by atoms with Gasteiger partial charge in [0.25, 0.3) is 0 Å². The average Bonchev–Trinajstić information content (AvgIpc) is 2.64. The van der Waals surface area contributed by atoms with Crippen molar-refractivity contribution in [2.24, 2.45) is 5.73 Å². The molecule has 0 fully saturated rings. The molecular formula is C17H21N3O7. The second-order valence-electron chi connectivity index (χ2n) is 5.48. The van der Waals surface area contributed by atoms with E-state index in [1.54, 1.807) is 12.1 Å². The molecule has 146 valence electrons. The minimum Gasteiger partial charge on any atom is -0.508 e. The normalized spacial score (nSPS) is 12.8. The lowest BCUT2D eigenvalue weighted by atomic mass is 10.1. The topological polar surface area (TPSA) is 168 Å². The minimum atomic E-state index is -1.40. The number of nitrogens with two attached hydrogens (primary N) is 1. The number of hydrogen-bond donors (Lipinski definition) is 5. The fraction of sp³-hybridized carbons (Fsp3) is 0.294. The van der Waals surface area contributed by atoms with Crippen LogP contribution in [0.3, 0.4) is 0 Å². The number of carboxylic acid groups (broad SMARTS) is 1. The third-order valence-corrected chi connectivity index (χ3v) is 3.40. The number of hydrogen-bond acceptors (Lipinski definition) is 7. The Morgan fingerprint density at radius 1 is 1.19 bits per heavy atom. The molecule has 2 amide bonds. The SMILES string of the molecule is COC(=O)/C=C/C(=O)NCC(NC(=O)[C@@H](N)Cc1ccc(O)cc1)C(=O)O. The van der Waals surface area contributed by atoms with Crippen molar-refractivity contribution in [1.29, 1.82) is 0 Å². The van der Waals surface area contributed by atoms with E-state index in [-0.39, 0.29) is 12.2 Å². The predicted molar refractivity (Wildman–Crippen MR) is 93.5 cm³/mol. The summed E-state index contributed by atoms with van der Waals surface area (Å²) in [6, 6.07) is 3.63. The Morgan fingerprint density at radius 2 is 1.81 bits per heavy atom. The number of rotatable bonds is 9. The molecule has 1 rings (SSSR count). The summed E-state index contributed by atoms with van der Waals surface area (Å²) in [6.45, 7) is -0.405. The molecule has 0 bridgehead atoms. The lowest BCUT2D eigenvalue weighted by Crippen LogP contribution is -2.53. The van der Waals surface area contributed by atoms with Crippen molar-refractivity contribution < 1.29 is 34.1 Å². The zero-order chi connectivity index (χ0) is 20.4. The van der Waals surface area contributed by atoms with Gasteiger partial charge >= 0.3 is 11.9 Å². The molecule has 0 aromatic heterocycles. The first-order valence-electron chi connectivity index (χ1n) is 7.83. The summed E-state index contributed by atoms with van der Waals surface area (Å²) in [7, 11) is 1.14. The van der Waals surface area contributed by atoms with Crippen LogP contribution < -0.4 is 16.4 Å². The quantitative estimate of drug-likeness (QED) is 0.260. The molecule has 10 heteroatoms. The smallest absolute Gasteiger partial charge is 0.330 e. The second kappa shape index (κ2) is 10.6. The molecule has 0 heterocycles. The average molecular weight is 379 g/mol. The summed E-state index contributed by atoms with van der Waals surface area (Å²) in [5.41, 5.74) is 6.45. The van der Waals surface area contributed by atoms with Crippen LogP contribution in [0.2, 0.25) is 0 Å². The monoisotopic (exact) mass is 379 g/mol. The van der Waals surface area contributed by atoms with Crippen molar-refractivity contribution in [2.75, 3.05) is 13.7 Å².